The van der Waals surface area contributed by atoms with Gasteiger partial charge in [-0.3, -0.25) is 4.79 Å². The molecule has 2 heterocycles. The first-order chi connectivity index (χ1) is 8.04. The molecule has 0 N–H and O–H groups in total. The molecule has 0 spiro atoms. The number of rotatable bonds is 2. The van der Waals surface area contributed by atoms with E-state index in [1.54, 1.807) is 0 Å². The minimum absolute atomic E-state index is 0.0362. The molecule has 1 aromatic heterocycles. The van der Waals surface area contributed by atoms with Gasteiger partial charge in [0.1, 0.15) is 0 Å². The number of nitrogens with zero attached hydrogens (tertiary/aromatic N) is 3. The summed E-state index contributed by atoms with van der Waals surface area (Å²) in [6.45, 7) is 7.44. The van der Waals surface area contributed by atoms with Crippen molar-refractivity contribution >= 4 is 17.5 Å². The zero-order valence-corrected chi connectivity index (χ0v) is 11.1. The van der Waals surface area contributed by atoms with Crippen LogP contribution in [0.1, 0.15) is 48.4 Å². The van der Waals surface area contributed by atoms with Gasteiger partial charge in [-0.1, -0.05) is 13.8 Å². The summed E-state index contributed by atoms with van der Waals surface area (Å²) in [6, 6.07) is 0. The standard InChI is InChI=1S/C12H16ClN3O/c1-4-16-6-5-8-9(11(16)17)10(7(2)3)15-12(13)14-8/h7H,4-6H2,1-3H3. The zero-order chi connectivity index (χ0) is 12.6. The molecule has 0 aliphatic carbocycles. The summed E-state index contributed by atoms with van der Waals surface area (Å²) in [4.78, 5) is 22.5. The van der Waals surface area contributed by atoms with Gasteiger partial charge in [0.05, 0.1) is 17.0 Å². The second-order valence-electron chi connectivity index (χ2n) is 4.49. The second-order valence-corrected chi connectivity index (χ2v) is 4.83. The van der Waals surface area contributed by atoms with Crippen LogP contribution in [0.3, 0.4) is 0 Å². The van der Waals surface area contributed by atoms with Crippen LogP contribution in [0, 0.1) is 0 Å². The molecule has 0 radical (unpaired) electrons. The largest absolute Gasteiger partial charge is 0.338 e. The molecule has 92 valence electrons. The average Bonchev–Trinajstić information content (AvgIpc) is 2.28. The highest BCUT2D eigenvalue weighted by Crippen LogP contribution is 2.26. The highest BCUT2D eigenvalue weighted by atomic mass is 35.5. The minimum atomic E-state index is 0.0362. The number of carbonyl (C=O) groups excluding carboxylic acids is 1. The predicted molar refractivity (Wildman–Crippen MR) is 66.4 cm³/mol. The van der Waals surface area contributed by atoms with E-state index in [1.165, 1.54) is 0 Å². The van der Waals surface area contributed by atoms with Gasteiger partial charge in [-0.15, -0.1) is 0 Å². The number of halogens is 1. The van der Waals surface area contributed by atoms with Crippen LogP contribution in [-0.4, -0.2) is 33.9 Å². The van der Waals surface area contributed by atoms with E-state index >= 15 is 0 Å². The van der Waals surface area contributed by atoms with E-state index in [1.807, 2.05) is 25.7 Å². The lowest BCUT2D eigenvalue weighted by atomic mass is 9.97. The maximum absolute atomic E-state index is 12.3. The van der Waals surface area contributed by atoms with Gasteiger partial charge in [0.2, 0.25) is 5.28 Å². The molecule has 0 aromatic carbocycles. The second kappa shape index (κ2) is 4.61. The number of carbonyl (C=O) groups is 1. The van der Waals surface area contributed by atoms with Crippen molar-refractivity contribution < 1.29 is 4.79 Å². The summed E-state index contributed by atoms with van der Waals surface area (Å²) in [5.74, 6) is 0.208. The maximum Gasteiger partial charge on any atom is 0.257 e. The van der Waals surface area contributed by atoms with Crippen molar-refractivity contribution in [3.05, 3.63) is 22.2 Å². The van der Waals surface area contributed by atoms with Crippen molar-refractivity contribution in [1.82, 2.24) is 14.9 Å². The third-order valence-corrected chi connectivity index (χ3v) is 3.20. The lowest BCUT2D eigenvalue weighted by Gasteiger charge is -2.28. The SMILES string of the molecule is CCN1CCc2nc(Cl)nc(C(C)C)c2C1=O. The molecular formula is C12H16ClN3O. The number of aromatic nitrogens is 2. The smallest absolute Gasteiger partial charge is 0.257 e. The van der Waals surface area contributed by atoms with Gasteiger partial charge in [-0.05, 0) is 24.4 Å². The molecule has 1 aromatic rings. The zero-order valence-electron chi connectivity index (χ0n) is 10.3. The summed E-state index contributed by atoms with van der Waals surface area (Å²) >= 11 is 5.90. The molecule has 1 amide bonds. The van der Waals surface area contributed by atoms with E-state index in [9.17, 15) is 4.79 Å². The van der Waals surface area contributed by atoms with Crippen LogP contribution in [0.25, 0.3) is 0 Å². The number of hydrogen-bond donors (Lipinski definition) is 0. The average molecular weight is 254 g/mol. The Kier molecular flexibility index (Phi) is 3.33. The van der Waals surface area contributed by atoms with Crippen LogP contribution in [0.15, 0.2) is 0 Å². The van der Waals surface area contributed by atoms with Gasteiger partial charge in [-0.2, -0.15) is 0 Å². The van der Waals surface area contributed by atoms with Crippen molar-refractivity contribution in [2.75, 3.05) is 13.1 Å². The van der Waals surface area contributed by atoms with E-state index in [-0.39, 0.29) is 17.1 Å². The van der Waals surface area contributed by atoms with E-state index in [0.29, 0.717) is 12.1 Å². The van der Waals surface area contributed by atoms with Crippen LogP contribution in [0.5, 0.6) is 0 Å². The molecule has 1 aliphatic heterocycles. The van der Waals surface area contributed by atoms with Gasteiger partial charge >= 0.3 is 0 Å². The van der Waals surface area contributed by atoms with Crippen molar-refractivity contribution in [3.63, 3.8) is 0 Å². The Bertz CT molecular complexity index is 459. The quantitative estimate of drug-likeness (QED) is 0.760. The third kappa shape index (κ3) is 2.14. The van der Waals surface area contributed by atoms with Crippen LogP contribution in [0.2, 0.25) is 5.28 Å². The topological polar surface area (TPSA) is 46.1 Å². The van der Waals surface area contributed by atoms with Crippen LogP contribution >= 0.6 is 11.6 Å². The van der Waals surface area contributed by atoms with Crippen molar-refractivity contribution in [3.8, 4) is 0 Å². The molecule has 1 aliphatic rings. The van der Waals surface area contributed by atoms with Gasteiger partial charge in [0, 0.05) is 19.5 Å². The highest BCUT2D eigenvalue weighted by molar-refractivity contribution is 6.28. The minimum Gasteiger partial charge on any atom is -0.338 e. The predicted octanol–water partition coefficient (Wildman–Crippen LogP) is 2.27. The Morgan fingerprint density at radius 1 is 1.41 bits per heavy atom. The molecule has 0 saturated heterocycles. The van der Waals surface area contributed by atoms with Gasteiger partial charge < -0.3 is 4.90 Å². The molecule has 4 nitrogen and oxygen atoms in total. The van der Waals surface area contributed by atoms with Crippen molar-refractivity contribution in [2.24, 2.45) is 0 Å². The van der Waals surface area contributed by atoms with E-state index in [0.717, 1.165) is 24.4 Å². The normalized spacial score (nSPS) is 15.4. The van der Waals surface area contributed by atoms with Crippen LogP contribution < -0.4 is 0 Å². The number of amides is 1. The van der Waals surface area contributed by atoms with Gasteiger partial charge in [0.25, 0.3) is 5.91 Å². The fourth-order valence-electron chi connectivity index (χ4n) is 2.13. The first-order valence-electron chi connectivity index (χ1n) is 5.90. The maximum atomic E-state index is 12.3. The van der Waals surface area contributed by atoms with E-state index < -0.39 is 0 Å². The summed E-state index contributed by atoms with van der Waals surface area (Å²) < 4.78 is 0. The summed E-state index contributed by atoms with van der Waals surface area (Å²) in [5.41, 5.74) is 2.23. The Morgan fingerprint density at radius 3 is 2.71 bits per heavy atom. The molecule has 0 fully saturated rings. The first-order valence-corrected chi connectivity index (χ1v) is 6.28. The molecule has 17 heavy (non-hydrogen) atoms. The monoisotopic (exact) mass is 253 g/mol. The number of hydrogen-bond acceptors (Lipinski definition) is 3. The van der Waals surface area contributed by atoms with Gasteiger partial charge in [0.15, 0.2) is 0 Å². The fourth-order valence-corrected chi connectivity index (χ4v) is 2.32. The molecule has 2 rings (SSSR count). The molecule has 0 unspecified atom stereocenters. The van der Waals surface area contributed by atoms with Gasteiger partial charge in [-0.25, -0.2) is 9.97 Å². The molecule has 0 atom stereocenters. The molecule has 5 heteroatoms. The Morgan fingerprint density at radius 2 is 2.12 bits per heavy atom. The number of fused-ring (bicyclic) bond motifs is 1. The molecule has 0 saturated carbocycles. The number of likely N-dealkylation sites (N-methyl/N-ethyl adjacent to an activating group) is 1. The molecule has 0 bridgehead atoms. The summed E-state index contributed by atoms with van der Waals surface area (Å²) in [7, 11) is 0. The first kappa shape index (κ1) is 12.3. The lowest BCUT2D eigenvalue weighted by molar-refractivity contribution is 0.0744. The summed E-state index contributed by atoms with van der Waals surface area (Å²) in [6.07, 6.45) is 0.761. The van der Waals surface area contributed by atoms with Crippen LogP contribution in [0.4, 0.5) is 0 Å². The molecular weight excluding hydrogens is 238 g/mol. The Balaban J connectivity index is 2.57. The lowest BCUT2D eigenvalue weighted by Crippen LogP contribution is -2.39. The fraction of sp³-hybridized carbons (Fsp3) is 0.583. The van der Waals surface area contributed by atoms with E-state index in [4.69, 9.17) is 11.6 Å². The van der Waals surface area contributed by atoms with Crippen molar-refractivity contribution in [2.45, 2.75) is 33.1 Å². The third-order valence-electron chi connectivity index (χ3n) is 3.03. The Hall–Kier alpha value is -1.16. The Labute approximate surface area is 106 Å². The van der Waals surface area contributed by atoms with Crippen LogP contribution in [-0.2, 0) is 6.42 Å². The highest BCUT2D eigenvalue weighted by Gasteiger charge is 2.29. The summed E-state index contributed by atoms with van der Waals surface area (Å²) in [5, 5.41) is 0.241. The van der Waals surface area contributed by atoms with E-state index in [2.05, 4.69) is 9.97 Å². The van der Waals surface area contributed by atoms with Crippen molar-refractivity contribution in [1.29, 1.82) is 0 Å².